The second kappa shape index (κ2) is 7.95. The summed E-state index contributed by atoms with van der Waals surface area (Å²) in [7, 11) is 0. The summed E-state index contributed by atoms with van der Waals surface area (Å²) >= 11 is 0. The van der Waals surface area contributed by atoms with E-state index in [1.807, 2.05) is 74.0 Å². The number of benzene rings is 2. The van der Waals surface area contributed by atoms with Gasteiger partial charge in [-0.1, -0.05) is 55.1 Å². The van der Waals surface area contributed by atoms with Gasteiger partial charge in [-0.25, -0.2) is 0 Å². The van der Waals surface area contributed by atoms with Crippen molar-refractivity contribution in [1.29, 1.82) is 0 Å². The van der Waals surface area contributed by atoms with E-state index in [0.717, 1.165) is 44.8 Å². The average Bonchev–Trinajstić information content (AvgIpc) is 3.01. The van der Waals surface area contributed by atoms with Crippen LogP contribution in [0.5, 0.6) is 0 Å². The largest absolute Gasteiger partial charge is 0.319 e. The van der Waals surface area contributed by atoms with Crippen molar-refractivity contribution < 1.29 is 4.79 Å². The summed E-state index contributed by atoms with van der Waals surface area (Å²) in [5, 5.41) is 8.56. The topological polar surface area (TPSA) is 59.8 Å². The lowest BCUT2D eigenvalue weighted by molar-refractivity contribution is 0.102. The highest BCUT2D eigenvalue weighted by Crippen LogP contribution is 2.24. The van der Waals surface area contributed by atoms with E-state index in [1.165, 1.54) is 0 Å². The van der Waals surface area contributed by atoms with Crippen molar-refractivity contribution in [2.24, 2.45) is 0 Å². The Hall–Kier alpha value is -3.73. The van der Waals surface area contributed by atoms with Crippen molar-refractivity contribution in [3.05, 3.63) is 94.9 Å². The third kappa shape index (κ3) is 3.74. The van der Waals surface area contributed by atoms with Gasteiger partial charge in [-0.05, 0) is 44.0 Å². The zero-order chi connectivity index (χ0) is 21.3. The van der Waals surface area contributed by atoms with Gasteiger partial charge in [-0.15, -0.1) is 0 Å². The van der Waals surface area contributed by atoms with E-state index < -0.39 is 0 Å². The lowest BCUT2D eigenvalue weighted by Crippen LogP contribution is -2.14. The minimum absolute atomic E-state index is 0.155. The van der Waals surface area contributed by atoms with E-state index >= 15 is 0 Å². The summed E-state index contributed by atoms with van der Waals surface area (Å²) in [4.78, 5) is 17.7. The van der Waals surface area contributed by atoms with Crippen LogP contribution in [0.2, 0.25) is 0 Å². The number of carbonyl (C=O) groups is 1. The van der Waals surface area contributed by atoms with Crippen LogP contribution in [-0.2, 0) is 6.54 Å². The van der Waals surface area contributed by atoms with Crippen molar-refractivity contribution in [3.8, 4) is 0 Å². The Labute approximate surface area is 176 Å². The summed E-state index contributed by atoms with van der Waals surface area (Å²) in [6, 6.07) is 17.7. The van der Waals surface area contributed by atoms with Gasteiger partial charge in [0.05, 0.1) is 34.7 Å². The van der Waals surface area contributed by atoms with Crippen LogP contribution >= 0.6 is 0 Å². The van der Waals surface area contributed by atoms with Crippen LogP contribution in [0, 0.1) is 20.8 Å². The fourth-order valence-corrected chi connectivity index (χ4v) is 3.64. The van der Waals surface area contributed by atoms with Crippen molar-refractivity contribution >= 4 is 28.6 Å². The van der Waals surface area contributed by atoms with Gasteiger partial charge in [0.15, 0.2) is 0 Å². The fraction of sp³-hybridized carbons (Fsp3) is 0.160. The number of hydrogen-bond donors (Lipinski definition) is 1. The van der Waals surface area contributed by atoms with E-state index in [1.54, 1.807) is 0 Å². The number of nitrogens with one attached hydrogen (secondary N) is 1. The van der Waals surface area contributed by atoms with E-state index in [9.17, 15) is 4.79 Å². The summed E-state index contributed by atoms with van der Waals surface area (Å²) in [5.41, 5.74) is 6.92. The Morgan fingerprint density at radius 2 is 1.83 bits per heavy atom. The maximum atomic E-state index is 13.1. The quantitative estimate of drug-likeness (QED) is 0.498. The smallest absolute Gasteiger partial charge is 0.256 e. The molecule has 0 radical (unpaired) electrons. The molecule has 4 aromatic rings. The molecule has 0 saturated carbocycles. The van der Waals surface area contributed by atoms with Gasteiger partial charge in [0.2, 0.25) is 0 Å². The molecule has 1 N–H and O–H groups in total. The predicted octanol–water partition coefficient (Wildman–Crippen LogP) is 5.30. The Kier molecular flexibility index (Phi) is 5.19. The van der Waals surface area contributed by atoms with Crippen LogP contribution in [0.1, 0.15) is 38.6 Å². The van der Waals surface area contributed by atoms with E-state index in [4.69, 9.17) is 0 Å². The molecule has 0 aliphatic rings. The number of fused-ring (bicyclic) bond motifs is 1. The zero-order valence-corrected chi connectivity index (χ0v) is 17.4. The van der Waals surface area contributed by atoms with E-state index in [-0.39, 0.29) is 5.91 Å². The van der Waals surface area contributed by atoms with Crippen LogP contribution in [0.4, 0.5) is 5.69 Å². The highest BCUT2D eigenvalue weighted by atomic mass is 16.1. The van der Waals surface area contributed by atoms with Gasteiger partial charge >= 0.3 is 0 Å². The molecule has 2 aromatic heterocycles. The summed E-state index contributed by atoms with van der Waals surface area (Å²) in [6.45, 7) is 10.2. The number of hydrogen-bond acceptors (Lipinski definition) is 3. The Morgan fingerprint density at radius 3 is 2.57 bits per heavy atom. The molecule has 5 heteroatoms. The van der Waals surface area contributed by atoms with Gasteiger partial charge in [-0.2, -0.15) is 5.10 Å². The van der Waals surface area contributed by atoms with Crippen molar-refractivity contribution in [1.82, 2.24) is 14.8 Å². The fourth-order valence-electron chi connectivity index (χ4n) is 3.64. The van der Waals surface area contributed by atoms with E-state index in [2.05, 4.69) is 34.1 Å². The first-order valence-corrected chi connectivity index (χ1v) is 9.89. The van der Waals surface area contributed by atoms with Gasteiger partial charge in [-0.3, -0.25) is 14.5 Å². The Morgan fingerprint density at radius 1 is 1.10 bits per heavy atom. The number of aromatic nitrogens is 3. The first kappa shape index (κ1) is 19.6. The highest BCUT2D eigenvalue weighted by molar-refractivity contribution is 6.12. The maximum Gasteiger partial charge on any atom is 0.256 e. The normalized spacial score (nSPS) is 10.9. The zero-order valence-electron chi connectivity index (χ0n) is 17.4. The second-order valence-electron chi connectivity index (χ2n) is 7.43. The van der Waals surface area contributed by atoms with Crippen LogP contribution in [0.25, 0.3) is 17.0 Å². The van der Waals surface area contributed by atoms with E-state index in [0.29, 0.717) is 12.1 Å². The number of carbonyl (C=O) groups excluding carboxylic acids is 1. The number of anilines is 1. The summed E-state index contributed by atoms with van der Waals surface area (Å²) in [6.07, 6.45) is 1.82. The molecule has 0 fully saturated rings. The molecule has 0 saturated heterocycles. The van der Waals surface area contributed by atoms with Crippen LogP contribution in [-0.4, -0.2) is 20.7 Å². The molecule has 30 heavy (non-hydrogen) atoms. The van der Waals surface area contributed by atoms with Crippen molar-refractivity contribution in [2.75, 3.05) is 5.32 Å². The number of pyridine rings is 1. The molecule has 5 nitrogen and oxygen atoms in total. The first-order valence-electron chi connectivity index (χ1n) is 9.89. The molecular weight excluding hydrogens is 372 g/mol. The number of para-hydroxylation sites is 1. The lowest BCUT2D eigenvalue weighted by Gasteiger charge is -2.10. The molecule has 150 valence electrons. The molecule has 0 spiro atoms. The predicted molar refractivity (Wildman–Crippen MR) is 122 cm³/mol. The van der Waals surface area contributed by atoms with Gasteiger partial charge in [0.25, 0.3) is 5.91 Å². The molecule has 0 aliphatic heterocycles. The van der Waals surface area contributed by atoms with Crippen molar-refractivity contribution in [2.45, 2.75) is 27.3 Å². The first-order chi connectivity index (χ1) is 14.5. The van der Waals surface area contributed by atoms with Crippen LogP contribution < -0.4 is 5.32 Å². The Bertz CT molecular complexity index is 1250. The molecule has 0 aliphatic carbocycles. The molecule has 0 unspecified atom stereocenters. The van der Waals surface area contributed by atoms with Gasteiger partial charge in [0, 0.05) is 11.1 Å². The number of aryl methyl sites for hydroxylation is 2. The lowest BCUT2D eigenvalue weighted by atomic mass is 10.1. The monoisotopic (exact) mass is 396 g/mol. The van der Waals surface area contributed by atoms with Crippen molar-refractivity contribution in [3.63, 3.8) is 0 Å². The highest BCUT2D eigenvalue weighted by Gasteiger charge is 2.17. The second-order valence-corrected chi connectivity index (χ2v) is 7.43. The summed E-state index contributed by atoms with van der Waals surface area (Å²) in [5.74, 6) is -0.155. The third-order valence-corrected chi connectivity index (χ3v) is 5.26. The number of amides is 1. The average molecular weight is 396 g/mol. The maximum absolute atomic E-state index is 13.1. The minimum Gasteiger partial charge on any atom is -0.319 e. The van der Waals surface area contributed by atoms with Gasteiger partial charge < -0.3 is 5.32 Å². The SMILES string of the molecule is C=Cc1ccc(Cn2nc(C)c(NC(=O)c3cc(C)nc4ccccc34)c2C)cc1. The molecule has 4 rings (SSSR count). The molecule has 0 atom stereocenters. The Balaban J connectivity index is 1.62. The summed E-state index contributed by atoms with van der Waals surface area (Å²) < 4.78 is 1.92. The standard InChI is InChI=1S/C25H24N4O/c1-5-19-10-12-20(13-11-19)15-29-18(4)24(17(3)28-29)27-25(30)22-14-16(2)26-23-9-7-6-8-21(22)23/h5-14H,1,15H2,2-4H3,(H,27,30). The van der Waals surface area contributed by atoms with Gasteiger partial charge in [0.1, 0.15) is 0 Å². The number of rotatable bonds is 5. The molecule has 0 bridgehead atoms. The molecule has 2 aromatic carbocycles. The minimum atomic E-state index is -0.155. The molecular formula is C25H24N4O. The third-order valence-electron chi connectivity index (χ3n) is 5.26. The van der Waals surface area contributed by atoms with Crippen LogP contribution in [0.3, 0.4) is 0 Å². The van der Waals surface area contributed by atoms with Crippen LogP contribution in [0.15, 0.2) is 61.2 Å². The number of nitrogens with zero attached hydrogens (tertiary/aromatic N) is 3. The molecule has 1 amide bonds. The molecule has 2 heterocycles.